The third-order valence-electron chi connectivity index (χ3n) is 4.63. The van der Waals surface area contributed by atoms with E-state index in [1.807, 2.05) is 4.90 Å². The number of halogens is 3. The van der Waals surface area contributed by atoms with Gasteiger partial charge in [0.2, 0.25) is 5.91 Å². The average molecular weight is 449 g/mol. The van der Waals surface area contributed by atoms with Crippen molar-refractivity contribution in [2.75, 3.05) is 25.0 Å². The summed E-state index contributed by atoms with van der Waals surface area (Å²) in [5.74, 6) is -1.15. The molecule has 10 heteroatoms. The van der Waals surface area contributed by atoms with Crippen LogP contribution in [0.25, 0.3) is 0 Å². The highest BCUT2D eigenvalue weighted by Crippen LogP contribution is 2.29. The lowest BCUT2D eigenvalue weighted by molar-refractivity contribution is -0.129. The minimum absolute atomic E-state index is 0. The van der Waals surface area contributed by atoms with Crippen molar-refractivity contribution in [3.63, 3.8) is 0 Å². The third kappa shape index (κ3) is 5.64. The van der Waals surface area contributed by atoms with Crippen LogP contribution in [0.15, 0.2) is 29.6 Å². The van der Waals surface area contributed by atoms with Gasteiger partial charge in [-0.05, 0) is 30.5 Å². The molecule has 6 nitrogen and oxygen atoms in total. The maximum absolute atomic E-state index is 13.6. The first kappa shape index (κ1) is 24.3. The van der Waals surface area contributed by atoms with Gasteiger partial charge in [0.1, 0.15) is 5.82 Å². The van der Waals surface area contributed by atoms with E-state index in [1.165, 1.54) is 29.5 Å². The van der Waals surface area contributed by atoms with Gasteiger partial charge in [0, 0.05) is 18.5 Å². The Labute approximate surface area is 179 Å². The van der Waals surface area contributed by atoms with Crippen molar-refractivity contribution in [2.24, 2.45) is 11.1 Å². The minimum atomic E-state index is -0.589. The number of nitrogens with two attached hydrogens (primary N) is 1. The van der Waals surface area contributed by atoms with E-state index < -0.39 is 11.7 Å². The summed E-state index contributed by atoms with van der Waals surface area (Å²) >= 11 is 1.21. The Hall–Kier alpha value is -1.74. The zero-order valence-corrected chi connectivity index (χ0v) is 17.8. The van der Waals surface area contributed by atoms with Gasteiger partial charge in [-0.25, -0.2) is 9.37 Å². The van der Waals surface area contributed by atoms with Gasteiger partial charge in [-0.15, -0.1) is 36.2 Å². The quantitative estimate of drug-likeness (QED) is 0.734. The molecule has 1 aliphatic rings. The van der Waals surface area contributed by atoms with Crippen LogP contribution in [-0.4, -0.2) is 41.3 Å². The maximum atomic E-state index is 13.6. The van der Waals surface area contributed by atoms with Crippen LogP contribution in [0.5, 0.6) is 0 Å². The van der Waals surface area contributed by atoms with Crippen molar-refractivity contribution in [1.82, 2.24) is 9.88 Å². The van der Waals surface area contributed by atoms with Crippen molar-refractivity contribution in [2.45, 2.75) is 19.8 Å². The topological polar surface area (TPSA) is 88.3 Å². The second-order valence-electron chi connectivity index (χ2n) is 6.83. The van der Waals surface area contributed by atoms with Crippen LogP contribution in [0.2, 0.25) is 0 Å². The van der Waals surface area contributed by atoms with Gasteiger partial charge in [-0.2, -0.15) is 0 Å². The van der Waals surface area contributed by atoms with Gasteiger partial charge in [0.05, 0.1) is 17.7 Å². The highest BCUT2D eigenvalue weighted by atomic mass is 35.5. The molecule has 1 atom stereocenters. The highest BCUT2D eigenvalue weighted by molar-refractivity contribution is 7.14. The molecule has 1 fully saturated rings. The van der Waals surface area contributed by atoms with E-state index in [2.05, 4.69) is 17.2 Å². The van der Waals surface area contributed by atoms with Crippen LogP contribution in [-0.2, 0) is 11.2 Å². The smallest absolute Gasteiger partial charge is 0.260 e. The molecule has 2 aromatic rings. The van der Waals surface area contributed by atoms with E-state index in [0.717, 1.165) is 6.42 Å². The van der Waals surface area contributed by atoms with Crippen molar-refractivity contribution in [3.05, 3.63) is 46.7 Å². The minimum Gasteiger partial charge on any atom is -0.342 e. The fourth-order valence-corrected chi connectivity index (χ4v) is 3.63. The summed E-state index contributed by atoms with van der Waals surface area (Å²) < 4.78 is 13.6. The molecule has 1 saturated heterocycles. The van der Waals surface area contributed by atoms with Gasteiger partial charge < -0.3 is 10.6 Å². The molecule has 0 spiro atoms. The Kier molecular flexibility index (Phi) is 8.81. The second-order valence-corrected chi connectivity index (χ2v) is 7.69. The summed E-state index contributed by atoms with van der Waals surface area (Å²) in [4.78, 5) is 30.6. The van der Waals surface area contributed by atoms with Gasteiger partial charge in [-0.3, -0.25) is 14.9 Å². The standard InChI is InChI=1S/C18H21FN4O2S.2ClH/c1-18(10-20)6-7-23(11-18)15(24)8-12-9-26-17(21-12)22-16(25)13-4-2-3-5-14(13)19;;/h2-5,9H,6-8,10-11,20H2,1H3,(H,21,22,25);2*1H. The maximum Gasteiger partial charge on any atom is 0.260 e. The predicted octanol–water partition coefficient (Wildman–Crippen LogP) is 3.12. The number of amides is 2. The van der Waals surface area contributed by atoms with E-state index >= 15 is 0 Å². The normalized spacial score (nSPS) is 18.2. The van der Waals surface area contributed by atoms with E-state index in [0.29, 0.717) is 30.5 Å². The van der Waals surface area contributed by atoms with Gasteiger partial charge in [0.15, 0.2) is 5.13 Å². The van der Waals surface area contributed by atoms with Gasteiger partial charge in [0.25, 0.3) is 5.91 Å². The molecule has 0 radical (unpaired) electrons. The molecular weight excluding hydrogens is 426 g/mol. The van der Waals surface area contributed by atoms with E-state index in [4.69, 9.17) is 5.73 Å². The number of anilines is 1. The molecule has 154 valence electrons. The lowest BCUT2D eigenvalue weighted by Crippen LogP contribution is -2.35. The van der Waals surface area contributed by atoms with Crippen molar-refractivity contribution in [1.29, 1.82) is 0 Å². The van der Waals surface area contributed by atoms with Crippen LogP contribution in [0.3, 0.4) is 0 Å². The Balaban J connectivity index is 0.00000196. The zero-order chi connectivity index (χ0) is 18.7. The molecule has 1 aromatic heterocycles. The van der Waals surface area contributed by atoms with Crippen molar-refractivity contribution < 1.29 is 14.0 Å². The number of aromatic nitrogens is 1. The zero-order valence-electron chi connectivity index (χ0n) is 15.3. The largest absolute Gasteiger partial charge is 0.342 e. The average Bonchev–Trinajstić information content (AvgIpc) is 3.22. The number of likely N-dealkylation sites (tertiary alicyclic amines) is 1. The molecule has 1 unspecified atom stereocenters. The summed E-state index contributed by atoms with van der Waals surface area (Å²) in [5.41, 5.74) is 6.30. The molecule has 0 aliphatic carbocycles. The molecule has 1 aromatic carbocycles. The number of rotatable bonds is 5. The fraction of sp³-hybridized carbons (Fsp3) is 0.389. The van der Waals surface area contributed by atoms with Crippen molar-refractivity contribution >= 4 is 53.1 Å². The number of carbonyl (C=O) groups is 2. The molecule has 2 amide bonds. The summed E-state index contributed by atoms with van der Waals surface area (Å²) in [6.07, 6.45) is 1.07. The Morgan fingerprint density at radius 2 is 2.07 bits per heavy atom. The number of hydrogen-bond donors (Lipinski definition) is 2. The summed E-state index contributed by atoms with van der Waals surface area (Å²) in [6, 6.07) is 5.75. The van der Waals surface area contributed by atoms with E-state index in [9.17, 15) is 14.0 Å². The number of carbonyl (C=O) groups excluding carboxylic acids is 2. The SMILES string of the molecule is CC1(CN)CCN(C(=O)Cc2csc(NC(=O)c3ccccc3F)n2)C1.Cl.Cl. The summed E-state index contributed by atoms with van der Waals surface area (Å²) in [6.45, 7) is 4.00. The van der Waals surface area contributed by atoms with Crippen LogP contribution >= 0.6 is 36.2 Å². The number of thiazole rings is 1. The number of nitrogens with zero attached hydrogens (tertiary/aromatic N) is 2. The first-order valence-corrected chi connectivity index (χ1v) is 9.26. The molecule has 28 heavy (non-hydrogen) atoms. The molecule has 0 saturated carbocycles. The number of hydrogen-bond acceptors (Lipinski definition) is 5. The lowest BCUT2D eigenvalue weighted by Gasteiger charge is -2.22. The molecular formula is C18H23Cl2FN4O2S. The number of benzene rings is 1. The Morgan fingerprint density at radius 1 is 1.36 bits per heavy atom. The third-order valence-corrected chi connectivity index (χ3v) is 5.43. The van der Waals surface area contributed by atoms with Gasteiger partial charge in [-0.1, -0.05) is 19.1 Å². The van der Waals surface area contributed by atoms with E-state index in [1.54, 1.807) is 11.4 Å². The predicted molar refractivity (Wildman–Crippen MR) is 113 cm³/mol. The lowest BCUT2D eigenvalue weighted by atomic mass is 9.90. The van der Waals surface area contributed by atoms with Gasteiger partial charge >= 0.3 is 0 Å². The van der Waals surface area contributed by atoms with Crippen LogP contribution in [0, 0.1) is 11.2 Å². The van der Waals surface area contributed by atoms with Crippen LogP contribution in [0.4, 0.5) is 9.52 Å². The molecule has 3 rings (SSSR count). The fourth-order valence-electron chi connectivity index (χ4n) is 2.93. The summed E-state index contributed by atoms with van der Waals surface area (Å²) in [7, 11) is 0. The summed E-state index contributed by atoms with van der Waals surface area (Å²) in [5, 5.41) is 4.64. The van der Waals surface area contributed by atoms with Crippen LogP contribution < -0.4 is 11.1 Å². The first-order chi connectivity index (χ1) is 12.4. The van der Waals surface area contributed by atoms with Crippen LogP contribution in [0.1, 0.15) is 29.4 Å². The molecule has 1 aliphatic heterocycles. The monoisotopic (exact) mass is 448 g/mol. The highest BCUT2D eigenvalue weighted by Gasteiger charge is 2.34. The second kappa shape index (κ2) is 10.2. The van der Waals surface area contributed by atoms with E-state index in [-0.39, 0.29) is 48.1 Å². The Morgan fingerprint density at radius 3 is 2.71 bits per heavy atom. The van der Waals surface area contributed by atoms with Crippen molar-refractivity contribution in [3.8, 4) is 0 Å². The first-order valence-electron chi connectivity index (χ1n) is 8.38. The molecule has 3 N–H and O–H groups in total. The molecule has 0 bridgehead atoms. The Bertz CT molecular complexity index is 835. The molecule has 2 heterocycles. The number of nitrogens with one attached hydrogen (secondary N) is 1.